The van der Waals surface area contributed by atoms with Gasteiger partial charge in [-0.05, 0) is 49.7 Å². The van der Waals surface area contributed by atoms with E-state index in [1.165, 1.54) is 32.8 Å². The van der Waals surface area contributed by atoms with Crippen molar-refractivity contribution in [3.63, 3.8) is 0 Å². The molecule has 2 N–H and O–H groups in total. The average Bonchev–Trinajstić information content (AvgIpc) is 2.88. The van der Waals surface area contributed by atoms with Crippen LogP contribution in [0, 0.1) is 0 Å². The van der Waals surface area contributed by atoms with Crippen LogP contribution in [0.4, 0.5) is 11.4 Å². The maximum atomic E-state index is 11.1. The molecule has 1 saturated heterocycles. The minimum absolute atomic E-state index is 0.209. The molecular weight excluding hydrogens is 358 g/mol. The summed E-state index contributed by atoms with van der Waals surface area (Å²) in [5, 5.41) is 7.58. The van der Waals surface area contributed by atoms with E-state index in [4.69, 9.17) is 23.8 Å². The lowest BCUT2D eigenvalue weighted by Crippen LogP contribution is -2.31. The zero-order valence-corrected chi connectivity index (χ0v) is 16.2. The van der Waals surface area contributed by atoms with Crippen LogP contribution in [-0.4, -0.2) is 37.8 Å². The van der Waals surface area contributed by atoms with E-state index in [-0.39, 0.29) is 5.97 Å². The van der Waals surface area contributed by atoms with Gasteiger partial charge in [-0.2, -0.15) is 0 Å². The average molecular weight is 384 g/mol. The molecular formula is C18H26ClN3O2S. The van der Waals surface area contributed by atoms with Crippen LogP contribution in [0.25, 0.3) is 0 Å². The smallest absolute Gasteiger partial charge is 0.305 e. The number of esters is 1. The Balaban J connectivity index is 1.94. The number of methoxy groups -OCH3 is 1. The van der Waals surface area contributed by atoms with Crippen LogP contribution >= 0.6 is 23.8 Å². The monoisotopic (exact) mass is 383 g/mol. The van der Waals surface area contributed by atoms with Gasteiger partial charge in [0.1, 0.15) is 0 Å². The van der Waals surface area contributed by atoms with Gasteiger partial charge in [0.2, 0.25) is 0 Å². The van der Waals surface area contributed by atoms with Crippen LogP contribution in [0.15, 0.2) is 18.2 Å². The van der Waals surface area contributed by atoms with Gasteiger partial charge < -0.3 is 20.3 Å². The molecule has 0 aromatic heterocycles. The summed E-state index contributed by atoms with van der Waals surface area (Å²) in [6, 6.07) is 5.87. The number of benzene rings is 1. The van der Waals surface area contributed by atoms with Crippen molar-refractivity contribution in [1.82, 2.24) is 5.32 Å². The maximum Gasteiger partial charge on any atom is 0.305 e. The van der Waals surface area contributed by atoms with Crippen molar-refractivity contribution >= 4 is 46.3 Å². The highest BCUT2D eigenvalue weighted by atomic mass is 35.5. The fourth-order valence-electron chi connectivity index (χ4n) is 2.90. The number of hydrogen-bond acceptors (Lipinski definition) is 4. The highest BCUT2D eigenvalue weighted by Crippen LogP contribution is 2.30. The molecule has 1 aliphatic heterocycles. The number of carbonyl (C=O) groups is 1. The Morgan fingerprint density at radius 3 is 2.68 bits per heavy atom. The van der Waals surface area contributed by atoms with E-state index in [0.717, 1.165) is 24.5 Å². The van der Waals surface area contributed by atoms with E-state index in [0.29, 0.717) is 29.5 Å². The van der Waals surface area contributed by atoms with E-state index in [1.54, 1.807) is 0 Å². The van der Waals surface area contributed by atoms with Crippen molar-refractivity contribution in [2.45, 2.75) is 38.5 Å². The Kier molecular flexibility index (Phi) is 8.28. The molecule has 0 saturated carbocycles. The molecule has 25 heavy (non-hydrogen) atoms. The van der Waals surface area contributed by atoms with Crippen LogP contribution in [0.2, 0.25) is 5.02 Å². The van der Waals surface area contributed by atoms with Crippen molar-refractivity contribution in [3.8, 4) is 0 Å². The third kappa shape index (κ3) is 6.71. The van der Waals surface area contributed by atoms with Crippen molar-refractivity contribution in [1.29, 1.82) is 0 Å². The van der Waals surface area contributed by atoms with Crippen molar-refractivity contribution in [2.24, 2.45) is 0 Å². The van der Waals surface area contributed by atoms with Gasteiger partial charge in [0.15, 0.2) is 5.11 Å². The first-order chi connectivity index (χ1) is 12.1. The predicted octanol–water partition coefficient (Wildman–Crippen LogP) is 3.96. The van der Waals surface area contributed by atoms with Crippen LogP contribution < -0.4 is 15.5 Å². The molecule has 138 valence electrons. The van der Waals surface area contributed by atoms with Crippen LogP contribution in [0.3, 0.4) is 0 Å². The topological polar surface area (TPSA) is 53.6 Å². The lowest BCUT2D eigenvalue weighted by atomic mass is 10.2. The Hall–Kier alpha value is -1.53. The molecule has 0 radical (unpaired) electrons. The quantitative estimate of drug-likeness (QED) is 0.440. The zero-order valence-electron chi connectivity index (χ0n) is 14.6. The van der Waals surface area contributed by atoms with Gasteiger partial charge in [-0.15, -0.1) is 0 Å². The molecule has 0 spiro atoms. The molecule has 2 rings (SSSR count). The lowest BCUT2D eigenvalue weighted by molar-refractivity contribution is -0.140. The molecule has 0 bridgehead atoms. The highest BCUT2D eigenvalue weighted by molar-refractivity contribution is 7.80. The number of nitrogens with zero attached hydrogens (tertiary/aromatic N) is 1. The molecule has 0 aliphatic carbocycles. The second kappa shape index (κ2) is 10.5. The molecule has 1 aromatic rings. The molecule has 0 atom stereocenters. The first-order valence-corrected chi connectivity index (χ1v) is 9.55. The van der Waals surface area contributed by atoms with E-state index >= 15 is 0 Å². The number of rotatable bonds is 6. The number of ether oxygens (including phenoxy) is 1. The van der Waals surface area contributed by atoms with Crippen LogP contribution in [0.1, 0.15) is 38.5 Å². The molecule has 7 heteroatoms. The third-order valence-corrected chi connectivity index (χ3v) is 4.71. The molecule has 0 amide bonds. The second-order valence-corrected chi connectivity index (χ2v) is 6.97. The first kappa shape index (κ1) is 19.8. The summed E-state index contributed by atoms with van der Waals surface area (Å²) in [6.07, 6.45) is 6.03. The second-order valence-electron chi connectivity index (χ2n) is 6.12. The Morgan fingerprint density at radius 2 is 2.00 bits per heavy atom. The van der Waals surface area contributed by atoms with Crippen LogP contribution in [-0.2, 0) is 9.53 Å². The molecule has 1 fully saturated rings. The summed E-state index contributed by atoms with van der Waals surface area (Å²) in [5.74, 6) is -0.209. The summed E-state index contributed by atoms with van der Waals surface area (Å²) in [5.41, 5.74) is 2.05. The minimum atomic E-state index is -0.209. The number of nitrogens with one attached hydrogen (secondary N) is 2. The largest absolute Gasteiger partial charge is 0.469 e. The predicted molar refractivity (Wildman–Crippen MR) is 108 cm³/mol. The van der Waals surface area contributed by atoms with Gasteiger partial charge >= 0.3 is 5.97 Å². The highest BCUT2D eigenvalue weighted by Gasteiger charge is 2.14. The molecule has 5 nitrogen and oxygen atoms in total. The van der Waals surface area contributed by atoms with Gasteiger partial charge in [-0.1, -0.05) is 24.4 Å². The lowest BCUT2D eigenvalue weighted by Gasteiger charge is -2.26. The molecule has 1 aliphatic rings. The fraction of sp³-hybridized carbons (Fsp3) is 0.556. The minimum Gasteiger partial charge on any atom is -0.469 e. The fourth-order valence-corrected chi connectivity index (χ4v) is 3.28. The molecule has 0 unspecified atom stereocenters. The summed E-state index contributed by atoms with van der Waals surface area (Å²) in [7, 11) is 1.39. The summed E-state index contributed by atoms with van der Waals surface area (Å²) < 4.78 is 4.62. The van der Waals surface area contributed by atoms with Gasteiger partial charge in [-0.3, -0.25) is 4.79 Å². The zero-order chi connectivity index (χ0) is 18.1. The van der Waals surface area contributed by atoms with Crippen molar-refractivity contribution < 1.29 is 9.53 Å². The summed E-state index contributed by atoms with van der Waals surface area (Å²) >= 11 is 11.5. The SMILES string of the molecule is COC(=O)CCCNC(=S)Nc1cc(Cl)ccc1N1CCCCCC1. The van der Waals surface area contributed by atoms with Crippen molar-refractivity contribution in [2.75, 3.05) is 37.0 Å². The van der Waals surface area contributed by atoms with E-state index in [9.17, 15) is 4.79 Å². The van der Waals surface area contributed by atoms with E-state index in [2.05, 4.69) is 26.3 Å². The van der Waals surface area contributed by atoms with Crippen LogP contribution in [0.5, 0.6) is 0 Å². The maximum absolute atomic E-state index is 11.1. The Labute approximate surface area is 160 Å². The first-order valence-electron chi connectivity index (χ1n) is 8.76. The third-order valence-electron chi connectivity index (χ3n) is 4.22. The van der Waals surface area contributed by atoms with Crippen molar-refractivity contribution in [3.05, 3.63) is 23.2 Å². The standard InChI is InChI=1S/C18H26ClN3O2S/c1-24-17(23)7-6-10-20-18(25)21-15-13-14(19)8-9-16(15)22-11-4-2-3-5-12-22/h8-9,13H,2-7,10-12H2,1H3,(H2,20,21,25). The van der Waals surface area contributed by atoms with Gasteiger partial charge in [0.05, 0.1) is 18.5 Å². The van der Waals surface area contributed by atoms with Gasteiger partial charge in [0.25, 0.3) is 0 Å². The van der Waals surface area contributed by atoms with Gasteiger partial charge in [-0.25, -0.2) is 0 Å². The number of hydrogen-bond donors (Lipinski definition) is 2. The number of thiocarbonyl (C=S) groups is 1. The number of carbonyl (C=O) groups excluding carboxylic acids is 1. The summed E-state index contributed by atoms with van der Waals surface area (Å²) in [4.78, 5) is 13.5. The number of anilines is 2. The van der Waals surface area contributed by atoms with Gasteiger partial charge in [0, 0.05) is 31.1 Å². The summed E-state index contributed by atoms with van der Waals surface area (Å²) in [6.45, 7) is 2.71. The van der Waals surface area contributed by atoms with E-state index < -0.39 is 0 Å². The Bertz CT molecular complexity index is 590. The molecule has 1 aromatic carbocycles. The normalized spacial score (nSPS) is 14.6. The number of halogens is 1. The molecule has 1 heterocycles. The Morgan fingerprint density at radius 1 is 1.28 bits per heavy atom. The van der Waals surface area contributed by atoms with E-state index in [1.807, 2.05) is 12.1 Å².